The summed E-state index contributed by atoms with van der Waals surface area (Å²) < 4.78 is 22.2. The van der Waals surface area contributed by atoms with Crippen molar-refractivity contribution in [3.8, 4) is 0 Å². The van der Waals surface area contributed by atoms with Crippen molar-refractivity contribution < 1.29 is 13.2 Å². The summed E-state index contributed by atoms with van der Waals surface area (Å²) >= 11 is 0. The molecule has 0 aromatic rings. The van der Waals surface area contributed by atoms with E-state index in [2.05, 4.69) is 11.8 Å². The molecule has 0 radical (unpaired) electrons. The summed E-state index contributed by atoms with van der Waals surface area (Å²) in [5.41, 5.74) is 5.80. The van der Waals surface area contributed by atoms with Gasteiger partial charge in [-0.1, -0.05) is 6.92 Å². The third-order valence-electron chi connectivity index (χ3n) is 3.88. The summed E-state index contributed by atoms with van der Waals surface area (Å²) in [4.78, 5) is 16.1. The van der Waals surface area contributed by atoms with Gasteiger partial charge in [0.05, 0.1) is 11.8 Å². The van der Waals surface area contributed by atoms with Gasteiger partial charge in [-0.2, -0.15) is 0 Å². The molecule has 7 heteroatoms. The van der Waals surface area contributed by atoms with Crippen LogP contribution in [0.2, 0.25) is 0 Å². The van der Waals surface area contributed by atoms with Gasteiger partial charge in [-0.05, 0) is 32.4 Å². The van der Waals surface area contributed by atoms with Gasteiger partial charge in [0, 0.05) is 25.9 Å². The van der Waals surface area contributed by atoms with E-state index in [1.54, 1.807) is 11.9 Å². The summed E-state index contributed by atoms with van der Waals surface area (Å²) in [5, 5.41) is 0. The fourth-order valence-electron chi connectivity index (χ4n) is 2.67. The van der Waals surface area contributed by atoms with Crippen LogP contribution in [0, 0.1) is 0 Å². The first-order chi connectivity index (χ1) is 9.24. The van der Waals surface area contributed by atoms with Crippen LogP contribution in [-0.4, -0.2) is 74.9 Å². The zero-order chi connectivity index (χ0) is 15.3. The van der Waals surface area contributed by atoms with Crippen molar-refractivity contribution in [1.82, 2.24) is 9.80 Å². The molecule has 0 aliphatic carbocycles. The van der Waals surface area contributed by atoms with Crippen LogP contribution >= 0.6 is 0 Å². The molecule has 1 fully saturated rings. The number of likely N-dealkylation sites (tertiary alicyclic amines) is 1. The molecule has 20 heavy (non-hydrogen) atoms. The minimum atomic E-state index is -3.07. The molecule has 0 saturated carbocycles. The van der Waals surface area contributed by atoms with E-state index in [1.807, 2.05) is 0 Å². The Hall–Kier alpha value is -0.660. The van der Waals surface area contributed by atoms with E-state index >= 15 is 0 Å². The maximum absolute atomic E-state index is 12.1. The minimum absolute atomic E-state index is 0.0434. The molecular formula is C13H27N3O3S. The maximum Gasteiger partial charge on any atom is 0.239 e. The Morgan fingerprint density at radius 3 is 2.70 bits per heavy atom. The zero-order valence-corrected chi connectivity index (χ0v) is 13.5. The summed E-state index contributed by atoms with van der Waals surface area (Å²) in [6.45, 7) is 4.87. The molecule has 118 valence electrons. The second kappa shape index (κ2) is 7.38. The Morgan fingerprint density at radius 2 is 2.15 bits per heavy atom. The quantitative estimate of drug-likeness (QED) is 0.697. The van der Waals surface area contributed by atoms with Crippen molar-refractivity contribution >= 4 is 15.7 Å². The zero-order valence-electron chi connectivity index (χ0n) is 12.7. The molecule has 1 saturated heterocycles. The van der Waals surface area contributed by atoms with Crippen LogP contribution in [0.15, 0.2) is 0 Å². The lowest BCUT2D eigenvalue weighted by Crippen LogP contribution is -2.47. The highest BCUT2D eigenvalue weighted by atomic mass is 32.2. The highest BCUT2D eigenvalue weighted by Crippen LogP contribution is 2.17. The summed E-state index contributed by atoms with van der Waals surface area (Å²) in [6, 6.07) is -0.331. The number of sulfone groups is 1. The summed E-state index contributed by atoms with van der Waals surface area (Å²) in [6.07, 6.45) is 3.61. The summed E-state index contributed by atoms with van der Waals surface area (Å²) in [5.74, 6) is -0.213. The van der Waals surface area contributed by atoms with E-state index in [9.17, 15) is 13.2 Å². The van der Waals surface area contributed by atoms with Crippen LogP contribution in [0.4, 0.5) is 0 Å². The lowest BCUT2D eigenvalue weighted by atomic mass is 10.1. The minimum Gasteiger partial charge on any atom is -0.343 e. The topological polar surface area (TPSA) is 83.7 Å². The van der Waals surface area contributed by atoms with E-state index in [4.69, 9.17) is 5.73 Å². The first kappa shape index (κ1) is 17.4. The van der Waals surface area contributed by atoms with Gasteiger partial charge < -0.3 is 10.6 Å². The lowest BCUT2D eigenvalue weighted by Gasteiger charge is -2.29. The van der Waals surface area contributed by atoms with E-state index in [0.717, 1.165) is 25.8 Å². The van der Waals surface area contributed by atoms with E-state index in [0.29, 0.717) is 12.6 Å². The van der Waals surface area contributed by atoms with Crippen molar-refractivity contribution in [2.45, 2.75) is 38.3 Å². The van der Waals surface area contributed by atoms with Crippen LogP contribution in [-0.2, 0) is 14.6 Å². The fourth-order valence-corrected chi connectivity index (χ4v) is 3.35. The molecule has 2 atom stereocenters. The predicted octanol–water partition coefficient (Wildman–Crippen LogP) is -0.309. The van der Waals surface area contributed by atoms with Gasteiger partial charge in [0.2, 0.25) is 5.91 Å². The Kier molecular flexibility index (Phi) is 6.42. The Balaban J connectivity index is 2.45. The van der Waals surface area contributed by atoms with E-state index in [1.165, 1.54) is 6.42 Å². The molecule has 0 aromatic carbocycles. The van der Waals surface area contributed by atoms with Crippen LogP contribution in [0.1, 0.15) is 26.2 Å². The number of hydrogen-bond acceptors (Lipinski definition) is 5. The second-order valence-corrected chi connectivity index (χ2v) is 7.93. The molecule has 2 unspecified atom stereocenters. The molecule has 1 aliphatic heterocycles. The second-order valence-electron chi connectivity index (χ2n) is 5.67. The van der Waals surface area contributed by atoms with E-state index < -0.39 is 15.9 Å². The number of likely N-dealkylation sites (N-methyl/N-ethyl adjacent to an activating group) is 2. The number of carbonyl (C=O) groups excluding carboxylic acids is 1. The third kappa shape index (κ3) is 5.38. The lowest BCUT2D eigenvalue weighted by molar-refractivity contribution is -0.131. The molecule has 1 heterocycles. The average Bonchev–Trinajstić information content (AvgIpc) is 2.81. The van der Waals surface area contributed by atoms with Gasteiger partial charge in [-0.25, -0.2) is 8.42 Å². The van der Waals surface area contributed by atoms with Gasteiger partial charge in [0.15, 0.2) is 0 Å². The first-order valence-corrected chi connectivity index (χ1v) is 9.23. The van der Waals surface area contributed by atoms with Gasteiger partial charge in [-0.3, -0.25) is 9.69 Å². The molecule has 0 bridgehead atoms. The molecule has 1 rings (SSSR count). The molecule has 0 spiro atoms. The summed E-state index contributed by atoms with van der Waals surface area (Å²) in [7, 11) is -1.33. The number of nitrogens with zero attached hydrogens (tertiary/aromatic N) is 2. The van der Waals surface area contributed by atoms with Gasteiger partial charge in [-0.15, -0.1) is 0 Å². The van der Waals surface area contributed by atoms with Crippen molar-refractivity contribution in [2.24, 2.45) is 5.73 Å². The first-order valence-electron chi connectivity index (χ1n) is 7.17. The maximum atomic E-state index is 12.1. The normalized spacial score (nSPS) is 21.9. The largest absolute Gasteiger partial charge is 0.343 e. The molecular weight excluding hydrogens is 278 g/mol. The van der Waals surface area contributed by atoms with Gasteiger partial charge in [0.1, 0.15) is 9.84 Å². The van der Waals surface area contributed by atoms with Crippen LogP contribution in [0.3, 0.4) is 0 Å². The number of hydrogen-bond donors (Lipinski definition) is 1. The molecule has 1 amide bonds. The number of amides is 1. The van der Waals surface area contributed by atoms with Crippen molar-refractivity contribution in [2.75, 3.05) is 38.7 Å². The molecule has 1 aliphatic rings. The SMILES string of the molecule is CCN1CCCC1CN(C)C(=O)C(N)CCS(C)(=O)=O. The Morgan fingerprint density at radius 1 is 1.50 bits per heavy atom. The van der Waals surface area contributed by atoms with Crippen molar-refractivity contribution in [1.29, 1.82) is 0 Å². The Labute approximate surface area is 122 Å². The van der Waals surface area contributed by atoms with Crippen molar-refractivity contribution in [3.05, 3.63) is 0 Å². The Bertz CT molecular complexity index is 425. The molecule has 0 aromatic heterocycles. The monoisotopic (exact) mass is 305 g/mol. The number of nitrogens with two attached hydrogens (primary N) is 1. The van der Waals surface area contributed by atoms with Gasteiger partial charge in [0.25, 0.3) is 0 Å². The smallest absolute Gasteiger partial charge is 0.239 e. The third-order valence-corrected chi connectivity index (χ3v) is 4.86. The van der Waals surface area contributed by atoms with Crippen LogP contribution in [0.5, 0.6) is 0 Å². The fraction of sp³-hybridized carbons (Fsp3) is 0.923. The number of rotatable bonds is 7. The van der Waals surface area contributed by atoms with E-state index in [-0.39, 0.29) is 18.1 Å². The highest BCUT2D eigenvalue weighted by molar-refractivity contribution is 7.90. The molecule has 2 N–H and O–H groups in total. The van der Waals surface area contributed by atoms with Crippen LogP contribution in [0.25, 0.3) is 0 Å². The van der Waals surface area contributed by atoms with Crippen molar-refractivity contribution in [3.63, 3.8) is 0 Å². The average molecular weight is 305 g/mol. The van der Waals surface area contributed by atoms with Crippen LogP contribution < -0.4 is 5.73 Å². The number of carbonyl (C=O) groups is 1. The highest BCUT2D eigenvalue weighted by Gasteiger charge is 2.27. The molecule has 6 nitrogen and oxygen atoms in total. The predicted molar refractivity (Wildman–Crippen MR) is 80.2 cm³/mol. The van der Waals surface area contributed by atoms with Gasteiger partial charge >= 0.3 is 0 Å². The standard InChI is InChI=1S/C13H27N3O3S/c1-4-16-8-5-6-11(16)10-15(2)13(17)12(14)7-9-20(3,18)19/h11-12H,4-10,14H2,1-3H3.